The van der Waals surface area contributed by atoms with Crippen LogP contribution < -0.4 is 18.5 Å². The molecule has 1 aliphatic carbocycles. The van der Waals surface area contributed by atoms with Gasteiger partial charge in [0.15, 0.2) is 17.3 Å². The molecule has 10 nitrogen and oxygen atoms in total. The lowest BCUT2D eigenvalue weighted by atomic mass is 9.73. The van der Waals surface area contributed by atoms with Crippen LogP contribution in [0.3, 0.4) is 0 Å². The normalized spacial score (nSPS) is 22.8. The number of carbonyl (C=O) groups is 2. The first-order valence-electron chi connectivity index (χ1n) is 12.2. The molecule has 0 saturated carbocycles. The minimum absolute atomic E-state index is 0.00650. The van der Waals surface area contributed by atoms with E-state index >= 15 is 0 Å². The predicted octanol–water partition coefficient (Wildman–Crippen LogP) is 4.21. The number of carbonyl (C=O) groups excluding carboxylic acids is 2. The van der Waals surface area contributed by atoms with Crippen LogP contribution in [-0.2, 0) is 21.2 Å². The van der Waals surface area contributed by atoms with Gasteiger partial charge in [-0.25, -0.2) is 8.42 Å². The molecule has 2 aromatic carbocycles. The third kappa shape index (κ3) is 4.15. The molecule has 0 bridgehead atoms. The Morgan fingerprint density at radius 3 is 2.59 bits per heavy atom. The Labute approximate surface area is 230 Å². The number of sulfonamides is 1. The number of methoxy groups -OCH3 is 2. The number of allylic oxidation sites excluding steroid dienone is 1. The molecule has 2 aliphatic heterocycles. The maximum Gasteiger partial charge on any atom is 0.232 e. The number of fused-ring (bicyclic) bond motifs is 2. The summed E-state index contributed by atoms with van der Waals surface area (Å²) in [5.74, 6) is -1.88. The van der Waals surface area contributed by atoms with Gasteiger partial charge in [0, 0.05) is 31.2 Å². The lowest BCUT2D eigenvalue weighted by Gasteiger charge is -2.36. The van der Waals surface area contributed by atoms with E-state index in [2.05, 4.69) is 4.99 Å². The molecule has 0 unspecified atom stereocenters. The molecule has 2 aromatic rings. The van der Waals surface area contributed by atoms with Crippen molar-refractivity contribution in [1.82, 2.24) is 0 Å². The van der Waals surface area contributed by atoms with Gasteiger partial charge in [0.05, 0.1) is 37.4 Å². The van der Waals surface area contributed by atoms with Crippen LogP contribution in [0.2, 0.25) is 5.02 Å². The highest BCUT2D eigenvalue weighted by Crippen LogP contribution is 2.54. The van der Waals surface area contributed by atoms with Gasteiger partial charge in [0.2, 0.25) is 21.4 Å². The number of hydrogen-bond donors (Lipinski definition) is 1. The first-order valence-corrected chi connectivity index (χ1v) is 14.5. The zero-order chi connectivity index (χ0) is 28.3. The monoisotopic (exact) mass is 574 g/mol. The minimum atomic E-state index is -3.42. The summed E-state index contributed by atoms with van der Waals surface area (Å²) in [5, 5.41) is 11.5. The number of Topliss-reactive ketones (excluding diaryl/α,β-unsaturated/α-hetero) is 2. The fourth-order valence-corrected chi connectivity index (χ4v) is 6.69. The zero-order valence-corrected chi connectivity index (χ0v) is 23.4. The van der Waals surface area contributed by atoms with Gasteiger partial charge in [-0.1, -0.05) is 18.5 Å². The topological polar surface area (TPSA) is 132 Å². The molecule has 2 atom stereocenters. The summed E-state index contributed by atoms with van der Waals surface area (Å²) in [5.41, 5.74) is -0.145. The van der Waals surface area contributed by atoms with Crippen molar-refractivity contribution in [2.24, 2.45) is 10.9 Å². The SMILES string of the molecule is COc1cc(OC)c2c(c1Cl)O[C@]1(C2=O)C(O)=C(C=Nc2ccc3c(c2)CCCN3S(C)(=O)=O)C(=O)C[C@H]1C. The largest absolute Gasteiger partial charge is 0.507 e. The average Bonchev–Trinajstić information content (AvgIpc) is 3.21. The molecule has 0 fully saturated rings. The summed E-state index contributed by atoms with van der Waals surface area (Å²) >= 11 is 6.46. The van der Waals surface area contributed by atoms with E-state index in [0.717, 1.165) is 5.56 Å². The fourth-order valence-electron chi connectivity index (χ4n) is 5.43. The molecule has 0 amide bonds. The van der Waals surface area contributed by atoms with Gasteiger partial charge in [-0.15, -0.1) is 0 Å². The van der Waals surface area contributed by atoms with Crippen LogP contribution in [0.15, 0.2) is 40.6 Å². The van der Waals surface area contributed by atoms with Crippen molar-refractivity contribution in [3.63, 3.8) is 0 Å². The number of rotatable bonds is 5. The summed E-state index contributed by atoms with van der Waals surface area (Å²) in [4.78, 5) is 31.2. The van der Waals surface area contributed by atoms with E-state index in [0.29, 0.717) is 30.8 Å². The minimum Gasteiger partial charge on any atom is -0.507 e. The number of nitrogens with zero attached hydrogens (tertiary/aromatic N) is 2. The van der Waals surface area contributed by atoms with E-state index < -0.39 is 38.9 Å². The van der Waals surface area contributed by atoms with Crippen LogP contribution in [0, 0.1) is 5.92 Å². The first kappa shape index (κ1) is 27.0. The van der Waals surface area contributed by atoms with Gasteiger partial charge in [-0.05, 0) is 36.6 Å². The van der Waals surface area contributed by atoms with E-state index in [1.807, 2.05) is 0 Å². The Balaban J connectivity index is 1.56. The van der Waals surface area contributed by atoms with Gasteiger partial charge in [-0.3, -0.25) is 18.9 Å². The van der Waals surface area contributed by atoms with Crippen LogP contribution in [0.4, 0.5) is 11.4 Å². The molecule has 5 rings (SSSR count). The highest BCUT2D eigenvalue weighted by atomic mass is 35.5. The van der Waals surface area contributed by atoms with Crippen molar-refractivity contribution in [1.29, 1.82) is 0 Å². The smallest absolute Gasteiger partial charge is 0.232 e. The molecule has 0 saturated heterocycles. The number of aliphatic hydroxyl groups excluding tert-OH is 1. The number of aliphatic imine (C=N–C) groups is 1. The van der Waals surface area contributed by atoms with Gasteiger partial charge < -0.3 is 19.3 Å². The van der Waals surface area contributed by atoms with Crippen LogP contribution in [-0.4, -0.2) is 63.9 Å². The Morgan fingerprint density at radius 1 is 1.21 bits per heavy atom. The second-order valence-corrected chi connectivity index (χ2v) is 12.1. The predicted molar refractivity (Wildman–Crippen MR) is 146 cm³/mol. The Kier molecular flexibility index (Phi) is 6.62. The van der Waals surface area contributed by atoms with Crippen LogP contribution in [0.25, 0.3) is 0 Å². The van der Waals surface area contributed by atoms with Gasteiger partial charge >= 0.3 is 0 Å². The van der Waals surface area contributed by atoms with Crippen molar-refractivity contribution >= 4 is 50.8 Å². The Bertz CT molecular complexity index is 1580. The third-order valence-electron chi connectivity index (χ3n) is 7.39. The highest BCUT2D eigenvalue weighted by molar-refractivity contribution is 7.92. The quantitative estimate of drug-likeness (QED) is 0.525. The average molecular weight is 575 g/mol. The summed E-state index contributed by atoms with van der Waals surface area (Å²) in [7, 11) is -0.622. The molecule has 206 valence electrons. The molecular formula is C27H27ClN2O8S. The first-order chi connectivity index (χ1) is 18.4. The zero-order valence-electron chi connectivity index (χ0n) is 21.8. The summed E-state index contributed by atoms with van der Waals surface area (Å²) in [6.45, 7) is 2.04. The van der Waals surface area contributed by atoms with E-state index in [-0.39, 0.29) is 39.8 Å². The summed E-state index contributed by atoms with van der Waals surface area (Å²) < 4.78 is 42.4. The van der Waals surface area contributed by atoms with Crippen LogP contribution in [0.5, 0.6) is 17.2 Å². The van der Waals surface area contributed by atoms with E-state index in [1.54, 1.807) is 25.1 Å². The number of ether oxygens (including phenoxy) is 3. The maximum absolute atomic E-state index is 13.8. The van der Waals surface area contributed by atoms with Crippen molar-refractivity contribution in [2.45, 2.75) is 31.8 Å². The summed E-state index contributed by atoms with van der Waals surface area (Å²) in [6, 6.07) is 6.51. The molecule has 39 heavy (non-hydrogen) atoms. The number of aryl methyl sites for hydroxylation is 1. The Hall–Kier alpha value is -3.57. The maximum atomic E-state index is 13.8. The molecule has 3 aliphatic rings. The molecular weight excluding hydrogens is 548 g/mol. The van der Waals surface area contributed by atoms with Crippen molar-refractivity contribution in [3.05, 3.63) is 51.7 Å². The lowest BCUT2D eigenvalue weighted by Crippen LogP contribution is -2.52. The summed E-state index contributed by atoms with van der Waals surface area (Å²) in [6.07, 6.45) is 3.62. The van der Waals surface area contributed by atoms with Gasteiger partial charge in [-0.2, -0.15) is 0 Å². The number of anilines is 1. The number of benzene rings is 2. The van der Waals surface area contributed by atoms with E-state index in [1.165, 1.54) is 37.1 Å². The van der Waals surface area contributed by atoms with Crippen molar-refractivity contribution in [3.8, 4) is 17.2 Å². The number of aliphatic hydroxyl groups is 1. The van der Waals surface area contributed by atoms with Gasteiger partial charge in [0.1, 0.15) is 22.1 Å². The van der Waals surface area contributed by atoms with E-state index in [9.17, 15) is 23.1 Å². The van der Waals surface area contributed by atoms with Crippen molar-refractivity contribution in [2.75, 3.05) is 31.3 Å². The molecule has 0 radical (unpaired) electrons. The lowest BCUT2D eigenvalue weighted by molar-refractivity contribution is -0.118. The number of halogens is 1. The molecule has 1 spiro atoms. The fraction of sp³-hybridized carbons (Fsp3) is 0.370. The second kappa shape index (κ2) is 9.56. The molecule has 2 heterocycles. The number of ketones is 2. The molecule has 12 heteroatoms. The van der Waals surface area contributed by atoms with Gasteiger partial charge in [0.25, 0.3) is 0 Å². The molecule has 0 aromatic heterocycles. The van der Waals surface area contributed by atoms with Crippen LogP contribution in [0.1, 0.15) is 35.7 Å². The highest BCUT2D eigenvalue weighted by Gasteiger charge is 2.60. The Morgan fingerprint density at radius 2 is 1.92 bits per heavy atom. The third-order valence-corrected chi connectivity index (χ3v) is 8.93. The number of hydrogen-bond acceptors (Lipinski definition) is 9. The molecule has 1 N–H and O–H groups in total. The van der Waals surface area contributed by atoms with Crippen LogP contribution >= 0.6 is 11.6 Å². The van der Waals surface area contributed by atoms with E-state index in [4.69, 9.17) is 25.8 Å². The van der Waals surface area contributed by atoms with Crippen molar-refractivity contribution < 1.29 is 37.3 Å². The standard InChI is InChI=1S/C27H27ClN2O8S/c1-14-10-19(31)17(13-29-16-7-8-18-15(11-16)6-5-9-30(18)39(4,34)35)25(32)27(14)26(33)22-20(36-2)12-21(37-3)23(28)24(22)38-27/h7-8,11-14,32H,5-6,9-10H2,1-4H3/t14-,27+/m1/s1. The second-order valence-electron chi connectivity index (χ2n) is 9.77.